The number of hydrogen-bond acceptors (Lipinski definition) is 0. The third-order valence-corrected chi connectivity index (χ3v) is 2.64. The van der Waals surface area contributed by atoms with Crippen LogP contribution in [0.15, 0.2) is 12.1 Å². The number of hydrogen-bond donors (Lipinski definition) is 0. The molecular formula is C11H11Cl2N. The fraction of sp³-hybridized carbons (Fsp3) is 0.364. The normalized spacial score (nSPS) is 11.1. The van der Waals surface area contributed by atoms with Crippen molar-refractivity contribution in [3.05, 3.63) is 39.2 Å². The van der Waals surface area contributed by atoms with Gasteiger partial charge in [0.2, 0.25) is 5.69 Å². The van der Waals surface area contributed by atoms with Gasteiger partial charge in [0.05, 0.1) is 11.6 Å². The Balaban J connectivity index is 3.50. The number of nitrogens with zero attached hydrogens (tertiary/aromatic N) is 1. The van der Waals surface area contributed by atoms with Gasteiger partial charge in [-0.3, -0.25) is 0 Å². The molecule has 0 spiro atoms. The second kappa shape index (κ2) is 3.81. The molecule has 1 aromatic rings. The predicted octanol–water partition coefficient (Wildman–Crippen LogP) is 4.84. The Kier molecular flexibility index (Phi) is 3.09. The Labute approximate surface area is 94.5 Å². The first kappa shape index (κ1) is 11.4. The zero-order valence-electron chi connectivity index (χ0n) is 8.36. The van der Waals surface area contributed by atoms with Crippen LogP contribution in [0.1, 0.15) is 26.3 Å². The molecule has 3 heteroatoms. The van der Waals surface area contributed by atoms with Crippen LogP contribution in [0, 0.1) is 6.57 Å². The fourth-order valence-corrected chi connectivity index (χ4v) is 2.30. The molecule has 0 saturated heterocycles. The van der Waals surface area contributed by atoms with Gasteiger partial charge in [0, 0.05) is 5.02 Å². The number of rotatable bonds is 0. The van der Waals surface area contributed by atoms with E-state index in [2.05, 4.69) is 4.85 Å². The fourth-order valence-electron chi connectivity index (χ4n) is 1.32. The van der Waals surface area contributed by atoms with Gasteiger partial charge in [-0.05, 0) is 11.0 Å². The second-order valence-electron chi connectivity index (χ2n) is 4.12. The molecule has 0 N–H and O–H groups in total. The second-order valence-corrected chi connectivity index (χ2v) is 4.90. The van der Waals surface area contributed by atoms with E-state index in [9.17, 15) is 0 Å². The van der Waals surface area contributed by atoms with Crippen molar-refractivity contribution in [2.24, 2.45) is 0 Å². The molecule has 1 aromatic carbocycles. The molecular weight excluding hydrogens is 217 g/mol. The monoisotopic (exact) mass is 227 g/mol. The minimum atomic E-state index is -0.144. The third-order valence-electron chi connectivity index (χ3n) is 1.94. The van der Waals surface area contributed by atoms with Crippen molar-refractivity contribution in [1.82, 2.24) is 0 Å². The van der Waals surface area contributed by atoms with Gasteiger partial charge in [0.25, 0.3) is 0 Å². The van der Waals surface area contributed by atoms with Crippen LogP contribution >= 0.6 is 23.2 Å². The molecule has 0 atom stereocenters. The Bertz CT molecular complexity index is 397. The van der Waals surface area contributed by atoms with E-state index in [-0.39, 0.29) is 5.41 Å². The SMILES string of the molecule is [C-]#[N+]c1ccc(Cl)c(C(C)(C)C)c1Cl. The molecule has 0 radical (unpaired) electrons. The molecule has 0 aliphatic rings. The molecule has 1 rings (SSSR count). The van der Waals surface area contributed by atoms with Crippen molar-refractivity contribution >= 4 is 28.9 Å². The average Bonchev–Trinajstić information content (AvgIpc) is 2.02. The van der Waals surface area contributed by atoms with Crippen molar-refractivity contribution in [3.63, 3.8) is 0 Å². The van der Waals surface area contributed by atoms with Crippen LogP contribution in [0.3, 0.4) is 0 Å². The van der Waals surface area contributed by atoms with E-state index < -0.39 is 0 Å². The van der Waals surface area contributed by atoms with Crippen LogP contribution < -0.4 is 0 Å². The van der Waals surface area contributed by atoms with Gasteiger partial charge in [-0.1, -0.05) is 56.1 Å². The summed E-state index contributed by atoms with van der Waals surface area (Å²) in [5, 5.41) is 1.09. The van der Waals surface area contributed by atoms with Crippen molar-refractivity contribution in [1.29, 1.82) is 0 Å². The molecule has 14 heavy (non-hydrogen) atoms. The molecule has 74 valence electrons. The summed E-state index contributed by atoms with van der Waals surface area (Å²) in [6.45, 7) is 13.0. The summed E-state index contributed by atoms with van der Waals surface area (Å²) in [6, 6.07) is 3.37. The summed E-state index contributed by atoms with van der Waals surface area (Å²) in [5.41, 5.74) is 1.16. The lowest BCUT2D eigenvalue weighted by atomic mass is 9.86. The van der Waals surface area contributed by atoms with E-state index in [1.807, 2.05) is 20.8 Å². The maximum Gasteiger partial charge on any atom is 0.205 e. The van der Waals surface area contributed by atoms with Gasteiger partial charge in [-0.15, -0.1) is 0 Å². The molecule has 0 aliphatic carbocycles. The predicted molar refractivity (Wildman–Crippen MR) is 61.4 cm³/mol. The van der Waals surface area contributed by atoms with Crippen LogP contribution in [0.5, 0.6) is 0 Å². The van der Waals surface area contributed by atoms with Crippen molar-refractivity contribution in [2.75, 3.05) is 0 Å². The summed E-state index contributed by atoms with van der Waals surface area (Å²) >= 11 is 12.2. The van der Waals surface area contributed by atoms with Crippen molar-refractivity contribution in [3.8, 4) is 0 Å². The van der Waals surface area contributed by atoms with Gasteiger partial charge >= 0.3 is 0 Å². The summed E-state index contributed by atoms with van der Waals surface area (Å²) in [4.78, 5) is 3.34. The van der Waals surface area contributed by atoms with E-state index in [0.717, 1.165) is 5.56 Å². The van der Waals surface area contributed by atoms with Crippen molar-refractivity contribution in [2.45, 2.75) is 26.2 Å². The van der Waals surface area contributed by atoms with E-state index in [0.29, 0.717) is 15.7 Å². The lowest BCUT2D eigenvalue weighted by Gasteiger charge is -2.22. The number of benzene rings is 1. The van der Waals surface area contributed by atoms with Crippen LogP contribution in [0.4, 0.5) is 5.69 Å². The Hall–Kier alpha value is -0.710. The highest BCUT2D eigenvalue weighted by atomic mass is 35.5. The van der Waals surface area contributed by atoms with E-state index in [4.69, 9.17) is 29.8 Å². The molecule has 0 fully saturated rings. The standard InChI is InChI=1S/C11H11Cl2N/c1-11(2,3)9-7(12)5-6-8(14-4)10(9)13/h5-6H,1-3H3. The Morgan fingerprint density at radius 1 is 1.21 bits per heavy atom. The highest BCUT2D eigenvalue weighted by molar-refractivity contribution is 6.38. The average molecular weight is 228 g/mol. The minimum absolute atomic E-state index is 0.144. The lowest BCUT2D eigenvalue weighted by molar-refractivity contribution is 0.591. The summed E-state index contributed by atoms with van der Waals surface area (Å²) < 4.78 is 0. The summed E-state index contributed by atoms with van der Waals surface area (Å²) in [6.07, 6.45) is 0. The molecule has 0 amide bonds. The van der Waals surface area contributed by atoms with Gasteiger partial charge < -0.3 is 0 Å². The number of halogens is 2. The molecule has 0 bridgehead atoms. The molecule has 0 unspecified atom stereocenters. The molecule has 0 heterocycles. The van der Waals surface area contributed by atoms with E-state index >= 15 is 0 Å². The van der Waals surface area contributed by atoms with Crippen LogP contribution in [-0.4, -0.2) is 0 Å². The van der Waals surface area contributed by atoms with Gasteiger partial charge in [0.1, 0.15) is 0 Å². The maximum absolute atomic E-state index is 6.95. The first-order chi connectivity index (χ1) is 6.38. The quantitative estimate of drug-likeness (QED) is 0.559. The molecule has 0 saturated carbocycles. The Morgan fingerprint density at radius 2 is 1.79 bits per heavy atom. The van der Waals surface area contributed by atoms with Crippen molar-refractivity contribution < 1.29 is 0 Å². The largest absolute Gasteiger partial charge is 0.237 e. The highest BCUT2D eigenvalue weighted by Gasteiger charge is 2.22. The zero-order chi connectivity index (χ0) is 10.9. The van der Waals surface area contributed by atoms with Crippen LogP contribution in [-0.2, 0) is 5.41 Å². The third kappa shape index (κ3) is 2.03. The first-order valence-corrected chi connectivity index (χ1v) is 4.99. The Morgan fingerprint density at radius 3 is 2.21 bits per heavy atom. The van der Waals surface area contributed by atoms with Crippen LogP contribution in [0.25, 0.3) is 4.85 Å². The summed E-state index contributed by atoms with van der Waals surface area (Å²) in [7, 11) is 0. The molecule has 0 aliphatic heterocycles. The lowest BCUT2D eigenvalue weighted by Crippen LogP contribution is -2.12. The van der Waals surface area contributed by atoms with Gasteiger partial charge in [0.15, 0.2) is 0 Å². The van der Waals surface area contributed by atoms with E-state index in [1.54, 1.807) is 12.1 Å². The summed E-state index contributed by atoms with van der Waals surface area (Å²) in [5.74, 6) is 0. The molecule has 1 nitrogen and oxygen atoms in total. The van der Waals surface area contributed by atoms with E-state index in [1.165, 1.54) is 0 Å². The van der Waals surface area contributed by atoms with Gasteiger partial charge in [-0.25, -0.2) is 4.85 Å². The topological polar surface area (TPSA) is 4.36 Å². The first-order valence-electron chi connectivity index (χ1n) is 4.24. The maximum atomic E-state index is 6.95. The van der Waals surface area contributed by atoms with Crippen LogP contribution in [0.2, 0.25) is 10.0 Å². The highest BCUT2D eigenvalue weighted by Crippen LogP contribution is 2.40. The van der Waals surface area contributed by atoms with Gasteiger partial charge in [-0.2, -0.15) is 0 Å². The smallest absolute Gasteiger partial charge is 0.205 e. The molecule has 0 aromatic heterocycles. The minimum Gasteiger partial charge on any atom is -0.237 e. The zero-order valence-corrected chi connectivity index (χ0v) is 9.87.